The molecule has 1 heterocycles. The first-order chi connectivity index (χ1) is 13.1. The van der Waals surface area contributed by atoms with Gasteiger partial charge in [-0.3, -0.25) is 14.9 Å². The summed E-state index contributed by atoms with van der Waals surface area (Å²) >= 11 is 1.01. The highest BCUT2D eigenvalue weighted by molar-refractivity contribution is 8.15. The Morgan fingerprint density at radius 1 is 1.19 bits per heavy atom. The summed E-state index contributed by atoms with van der Waals surface area (Å²) < 4.78 is 10.8. The van der Waals surface area contributed by atoms with E-state index >= 15 is 0 Å². The molecule has 1 aliphatic rings. The van der Waals surface area contributed by atoms with E-state index in [0.717, 1.165) is 17.3 Å². The third kappa shape index (κ3) is 4.79. The summed E-state index contributed by atoms with van der Waals surface area (Å²) in [5.74, 6) is 1.00. The summed E-state index contributed by atoms with van der Waals surface area (Å²) in [5, 5.41) is 14.1. The van der Waals surface area contributed by atoms with E-state index in [1.807, 2.05) is 12.1 Å². The fourth-order valence-corrected chi connectivity index (χ4v) is 3.45. The van der Waals surface area contributed by atoms with Crippen LogP contribution in [0.3, 0.4) is 0 Å². The van der Waals surface area contributed by atoms with Crippen molar-refractivity contribution in [2.24, 2.45) is 5.16 Å². The summed E-state index contributed by atoms with van der Waals surface area (Å²) in [6.45, 7) is 0.0817. The quantitative estimate of drug-likeness (QED) is 0.431. The number of methoxy groups -OCH3 is 1. The molecule has 2 aromatic rings. The number of thioether (sulfide) groups is 1. The summed E-state index contributed by atoms with van der Waals surface area (Å²) in [5.41, 5.74) is 1.99. The van der Waals surface area contributed by atoms with E-state index in [1.54, 1.807) is 43.5 Å². The molecular formula is C19H18N2O5S. The van der Waals surface area contributed by atoms with Gasteiger partial charge in [0.15, 0.2) is 0 Å². The molecular weight excluding hydrogens is 368 g/mol. The molecule has 0 aliphatic carbocycles. The van der Waals surface area contributed by atoms with Crippen molar-refractivity contribution >= 4 is 28.6 Å². The van der Waals surface area contributed by atoms with Crippen molar-refractivity contribution in [2.75, 3.05) is 13.7 Å². The van der Waals surface area contributed by atoms with Gasteiger partial charge in [0.05, 0.1) is 12.4 Å². The molecule has 8 heteroatoms. The van der Waals surface area contributed by atoms with E-state index in [1.165, 1.54) is 0 Å². The standard InChI is InChI=1S/C19H18N2O5S/c1-25-15-4-2-3-13(10-15)16(21-24)11-26-14-7-5-12(6-8-14)9-17-18(22)20-19(23)27-17/h2-8,10,17,24H,9,11H2,1H3,(H,20,22,23)/b21-16-. The molecule has 0 radical (unpaired) electrons. The van der Waals surface area contributed by atoms with Crippen LogP contribution < -0.4 is 14.8 Å². The van der Waals surface area contributed by atoms with Gasteiger partial charge in [-0.2, -0.15) is 0 Å². The number of amides is 2. The Morgan fingerprint density at radius 3 is 2.59 bits per heavy atom. The van der Waals surface area contributed by atoms with Crippen LogP contribution in [0.15, 0.2) is 53.7 Å². The fraction of sp³-hybridized carbons (Fsp3) is 0.211. The highest BCUT2D eigenvalue weighted by Crippen LogP contribution is 2.24. The monoisotopic (exact) mass is 386 g/mol. The molecule has 2 N–H and O–H groups in total. The van der Waals surface area contributed by atoms with Crippen LogP contribution in [0, 0.1) is 0 Å². The number of hydrogen-bond donors (Lipinski definition) is 2. The lowest BCUT2D eigenvalue weighted by Gasteiger charge is -2.10. The predicted octanol–water partition coefficient (Wildman–Crippen LogP) is 2.85. The number of nitrogens with zero attached hydrogens (tertiary/aromatic N) is 1. The van der Waals surface area contributed by atoms with Crippen LogP contribution in [0.5, 0.6) is 11.5 Å². The van der Waals surface area contributed by atoms with E-state index in [-0.39, 0.29) is 17.8 Å². The van der Waals surface area contributed by atoms with Gasteiger partial charge in [-0.1, -0.05) is 41.2 Å². The Labute approximate surface area is 160 Å². The maximum absolute atomic E-state index is 11.6. The fourth-order valence-electron chi connectivity index (χ4n) is 2.59. The second-order valence-electron chi connectivity index (χ2n) is 5.80. The highest BCUT2D eigenvalue weighted by atomic mass is 32.2. The minimum atomic E-state index is -0.398. The molecule has 0 spiro atoms. The normalized spacial score (nSPS) is 16.9. The van der Waals surface area contributed by atoms with Crippen LogP contribution in [0.4, 0.5) is 4.79 Å². The van der Waals surface area contributed by atoms with E-state index in [2.05, 4.69) is 10.5 Å². The van der Waals surface area contributed by atoms with Crippen molar-refractivity contribution in [3.63, 3.8) is 0 Å². The zero-order valence-electron chi connectivity index (χ0n) is 14.5. The number of benzene rings is 2. The van der Waals surface area contributed by atoms with Gasteiger partial charge in [-0.25, -0.2) is 0 Å². The summed E-state index contributed by atoms with van der Waals surface area (Å²) in [6.07, 6.45) is 0.468. The number of carbonyl (C=O) groups is 2. The predicted molar refractivity (Wildman–Crippen MR) is 102 cm³/mol. The van der Waals surface area contributed by atoms with Crippen LogP contribution in [0.1, 0.15) is 11.1 Å². The number of carbonyl (C=O) groups excluding carboxylic acids is 2. The molecule has 27 heavy (non-hydrogen) atoms. The third-order valence-corrected chi connectivity index (χ3v) is 4.99. The van der Waals surface area contributed by atoms with Crippen molar-refractivity contribution in [3.05, 3.63) is 59.7 Å². The topological polar surface area (TPSA) is 97.2 Å². The molecule has 1 unspecified atom stereocenters. The second kappa shape index (κ2) is 8.59. The Balaban J connectivity index is 1.59. The van der Waals surface area contributed by atoms with Crippen LogP contribution in [-0.2, 0) is 11.2 Å². The van der Waals surface area contributed by atoms with Gasteiger partial charge in [0.1, 0.15) is 23.8 Å². The Kier molecular flexibility index (Phi) is 5.97. The first-order valence-corrected chi connectivity index (χ1v) is 9.05. The SMILES string of the molecule is COc1cccc(/C(COc2ccc(CC3SC(=O)NC3=O)cc2)=N\O)c1. The lowest BCUT2D eigenvalue weighted by molar-refractivity contribution is -0.118. The molecule has 1 saturated heterocycles. The van der Waals surface area contributed by atoms with E-state index in [4.69, 9.17) is 9.47 Å². The number of rotatable bonds is 7. The average molecular weight is 386 g/mol. The Hall–Kier alpha value is -3.00. The lowest BCUT2D eigenvalue weighted by Crippen LogP contribution is -2.25. The molecule has 140 valence electrons. The maximum Gasteiger partial charge on any atom is 0.286 e. The molecule has 1 atom stereocenters. The van der Waals surface area contributed by atoms with Crippen LogP contribution in [0.25, 0.3) is 0 Å². The van der Waals surface area contributed by atoms with Gasteiger partial charge in [0.2, 0.25) is 5.91 Å². The van der Waals surface area contributed by atoms with Gasteiger partial charge in [-0.15, -0.1) is 0 Å². The van der Waals surface area contributed by atoms with Gasteiger partial charge >= 0.3 is 0 Å². The Morgan fingerprint density at radius 2 is 1.96 bits per heavy atom. The first kappa shape index (κ1) is 18.8. The van der Waals surface area contributed by atoms with Crippen molar-refractivity contribution < 1.29 is 24.3 Å². The third-order valence-electron chi connectivity index (χ3n) is 4.01. The minimum Gasteiger partial charge on any atom is -0.497 e. The zero-order chi connectivity index (χ0) is 19.2. The van der Waals surface area contributed by atoms with Crippen molar-refractivity contribution in [1.82, 2.24) is 5.32 Å². The van der Waals surface area contributed by atoms with Crippen molar-refractivity contribution in [2.45, 2.75) is 11.7 Å². The zero-order valence-corrected chi connectivity index (χ0v) is 15.4. The highest BCUT2D eigenvalue weighted by Gasteiger charge is 2.31. The molecule has 0 bridgehead atoms. The van der Waals surface area contributed by atoms with E-state index < -0.39 is 5.25 Å². The molecule has 2 amide bonds. The van der Waals surface area contributed by atoms with Gasteiger partial charge in [0, 0.05) is 5.56 Å². The van der Waals surface area contributed by atoms with Gasteiger partial charge < -0.3 is 14.7 Å². The summed E-state index contributed by atoms with van der Waals surface area (Å²) in [7, 11) is 1.57. The van der Waals surface area contributed by atoms with Gasteiger partial charge in [-0.05, 0) is 36.2 Å². The number of hydrogen-bond acceptors (Lipinski definition) is 7. The molecule has 0 saturated carbocycles. The summed E-state index contributed by atoms with van der Waals surface area (Å²) in [4.78, 5) is 22.8. The largest absolute Gasteiger partial charge is 0.497 e. The smallest absolute Gasteiger partial charge is 0.286 e. The first-order valence-electron chi connectivity index (χ1n) is 8.17. The molecule has 1 fully saturated rings. The lowest BCUT2D eigenvalue weighted by atomic mass is 10.1. The van der Waals surface area contributed by atoms with Gasteiger partial charge in [0.25, 0.3) is 5.24 Å². The molecule has 7 nitrogen and oxygen atoms in total. The number of oxime groups is 1. The van der Waals surface area contributed by atoms with Crippen molar-refractivity contribution in [1.29, 1.82) is 0 Å². The second-order valence-corrected chi connectivity index (χ2v) is 6.97. The molecule has 0 aromatic heterocycles. The molecule has 3 rings (SSSR count). The maximum atomic E-state index is 11.6. The number of nitrogens with one attached hydrogen (secondary N) is 1. The van der Waals surface area contributed by atoms with E-state index in [9.17, 15) is 14.8 Å². The van der Waals surface area contributed by atoms with Crippen LogP contribution in [-0.4, -0.2) is 41.0 Å². The van der Waals surface area contributed by atoms with Crippen LogP contribution >= 0.6 is 11.8 Å². The molecule has 1 aliphatic heterocycles. The summed E-state index contributed by atoms with van der Waals surface area (Å²) in [6, 6.07) is 14.4. The average Bonchev–Trinajstić information content (AvgIpc) is 3.00. The number of ether oxygens (including phenoxy) is 2. The number of imide groups is 1. The molecule has 2 aromatic carbocycles. The minimum absolute atomic E-state index is 0.0817. The van der Waals surface area contributed by atoms with E-state index in [0.29, 0.717) is 29.2 Å². The Bertz CT molecular complexity index is 867. The van der Waals surface area contributed by atoms with Crippen LogP contribution in [0.2, 0.25) is 0 Å². The van der Waals surface area contributed by atoms with Crippen molar-refractivity contribution in [3.8, 4) is 11.5 Å².